The van der Waals surface area contributed by atoms with E-state index in [0.717, 1.165) is 31.7 Å². The van der Waals surface area contributed by atoms with Gasteiger partial charge in [0.1, 0.15) is 0 Å². The van der Waals surface area contributed by atoms with Crippen molar-refractivity contribution < 1.29 is 5.18 Å². The maximum absolute atomic E-state index is 10.6. The number of rotatable bonds is 2. The summed E-state index contributed by atoms with van der Waals surface area (Å²) in [5.41, 5.74) is 2.88. The van der Waals surface area contributed by atoms with Gasteiger partial charge >= 0.3 is 0 Å². The van der Waals surface area contributed by atoms with Crippen LogP contribution >= 0.6 is 0 Å². The molecule has 0 saturated carbocycles. The van der Waals surface area contributed by atoms with Crippen LogP contribution in [0.2, 0.25) is 0 Å². The zero-order valence-electron chi connectivity index (χ0n) is 9.86. The maximum atomic E-state index is 10.6. The lowest BCUT2D eigenvalue weighted by molar-refractivity contribution is -0.380. The first-order valence-electron chi connectivity index (χ1n) is 5.63. The van der Waals surface area contributed by atoms with Crippen molar-refractivity contribution in [1.82, 2.24) is 4.90 Å². The first kappa shape index (κ1) is 11.1. The molecule has 1 aliphatic heterocycles. The largest absolute Gasteiger partial charge is 0.369 e. The lowest BCUT2D eigenvalue weighted by atomic mass is 10.1. The Bertz CT molecular complexity index is 384. The molecule has 0 aromatic heterocycles. The zero-order chi connectivity index (χ0) is 11.5. The van der Waals surface area contributed by atoms with Gasteiger partial charge in [-0.25, -0.2) is 0 Å². The van der Waals surface area contributed by atoms with E-state index in [2.05, 4.69) is 22.9 Å². The second kappa shape index (κ2) is 4.61. The summed E-state index contributed by atoms with van der Waals surface area (Å²) in [4.78, 5) is 15.3. The van der Waals surface area contributed by atoms with E-state index in [1.165, 1.54) is 5.69 Å². The van der Waals surface area contributed by atoms with Crippen molar-refractivity contribution in [2.24, 2.45) is 0 Å². The Morgan fingerprint density at radius 2 is 1.88 bits per heavy atom. The number of piperazine rings is 1. The van der Waals surface area contributed by atoms with Crippen molar-refractivity contribution >= 4 is 11.4 Å². The molecule has 16 heavy (non-hydrogen) atoms. The van der Waals surface area contributed by atoms with E-state index in [1.807, 2.05) is 24.2 Å². The number of nitrogens with zero attached hydrogens (tertiary/aromatic N) is 2. The highest BCUT2D eigenvalue weighted by atomic mass is 16.3. The predicted molar refractivity (Wildman–Crippen MR) is 64.9 cm³/mol. The van der Waals surface area contributed by atoms with Crippen LogP contribution in [0, 0.1) is 11.8 Å². The molecule has 0 radical (unpaired) electrons. The quantitative estimate of drug-likeness (QED) is 0.775. The van der Waals surface area contributed by atoms with E-state index >= 15 is 0 Å². The number of likely N-dealkylation sites (N-methyl/N-ethyl adjacent to an activating group) is 1. The highest BCUT2D eigenvalue weighted by molar-refractivity contribution is 5.55. The minimum atomic E-state index is 0.665. The van der Waals surface area contributed by atoms with E-state index in [-0.39, 0.29) is 0 Å². The van der Waals surface area contributed by atoms with E-state index < -0.39 is 0 Å². The van der Waals surface area contributed by atoms with Gasteiger partial charge in [-0.2, -0.15) is 0 Å². The third-order valence-corrected chi connectivity index (χ3v) is 3.19. The normalized spacial score (nSPS) is 17.5. The van der Waals surface area contributed by atoms with E-state index in [4.69, 9.17) is 0 Å². The van der Waals surface area contributed by atoms with Gasteiger partial charge in [0, 0.05) is 53.6 Å². The van der Waals surface area contributed by atoms with Gasteiger partial charge in [-0.1, -0.05) is 0 Å². The molecule has 1 saturated heterocycles. The van der Waals surface area contributed by atoms with Crippen LogP contribution < -0.4 is 10.1 Å². The van der Waals surface area contributed by atoms with Crippen LogP contribution in [0.5, 0.6) is 0 Å². The second-order valence-electron chi connectivity index (χ2n) is 4.39. The number of hydrogen-bond donors (Lipinski definition) is 1. The standard InChI is InChI=1S/C12H17N3O/c1-10-9-11(3-4-12(10)13-16)15-7-5-14(2)6-8-15/h3-4,9H,5-8H2,1-2H3/p+1. The molecule has 0 bridgehead atoms. The van der Waals surface area contributed by atoms with Crippen LogP contribution in [-0.4, -0.2) is 38.1 Å². The number of aryl methyl sites for hydroxylation is 1. The summed E-state index contributed by atoms with van der Waals surface area (Å²) in [6.07, 6.45) is 0. The Kier molecular flexibility index (Phi) is 3.19. The number of hydrogen-bond acceptors (Lipinski definition) is 3. The van der Waals surface area contributed by atoms with Gasteiger partial charge in [-0.15, -0.1) is 0 Å². The van der Waals surface area contributed by atoms with Crippen LogP contribution in [0.3, 0.4) is 0 Å². The molecule has 1 N–H and O–H groups in total. The molecule has 0 spiro atoms. The first-order chi connectivity index (χ1) is 7.70. The molecular formula is C12H18N3O+. The summed E-state index contributed by atoms with van der Waals surface area (Å²) in [7, 11) is 2.15. The van der Waals surface area contributed by atoms with Gasteiger partial charge in [0.15, 0.2) is 0 Å². The average molecular weight is 220 g/mol. The topological polar surface area (TPSA) is 37.5 Å². The van der Waals surface area contributed by atoms with Crippen LogP contribution in [0.1, 0.15) is 5.56 Å². The van der Waals surface area contributed by atoms with Crippen LogP contribution in [0.25, 0.3) is 0 Å². The van der Waals surface area contributed by atoms with Crippen molar-refractivity contribution in [2.45, 2.75) is 6.92 Å². The van der Waals surface area contributed by atoms with Crippen molar-refractivity contribution in [3.05, 3.63) is 28.7 Å². The molecule has 0 amide bonds. The lowest BCUT2D eigenvalue weighted by Gasteiger charge is -2.34. The number of benzene rings is 1. The Balaban J connectivity index is 2.15. The number of anilines is 1. The molecule has 4 nitrogen and oxygen atoms in total. The molecule has 4 heteroatoms. The van der Waals surface area contributed by atoms with Gasteiger partial charge in [-0.05, 0) is 26.1 Å². The highest BCUT2D eigenvalue weighted by Gasteiger charge is 2.15. The third-order valence-electron chi connectivity index (χ3n) is 3.19. The van der Waals surface area contributed by atoms with Crippen LogP contribution in [-0.2, 0) is 0 Å². The Morgan fingerprint density at radius 1 is 1.19 bits per heavy atom. The van der Waals surface area contributed by atoms with E-state index in [9.17, 15) is 4.91 Å². The van der Waals surface area contributed by atoms with Gasteiger partial charge in [0.05, 0.1) is 0 Å². The second-order valence-corrected chi connectivity index (χ2v) is 4.39. The van der Waals surface area contributed by atoms with Crippen molar-refractivity contribution in [3.8, 4) is 0 Å². The smallest absolute Gasteiger partial charge is 0.256 e. The molecule has 86 valence electrons. The Hall–Kier alpha value is -1.42. The minimum absolute atomic E-state index is 0.665. The first-order valence-corrected chi connectivity index (χ1v) is 5.63. The molecule has 0 unspecified atom stereocenters. The molecule has 1 aliphatic rings. The van der Waals surface area contributed by atoms with E-state index in [1.54, 1.807) is 0 Å². The van der Waals surface area contributed by atoms with Gasteiger partial charge in [0.2, 0.25) is 0 Å². The lowest BCUT2D eigenvalue weighted by Crippen LogP contribution is -2.56. The average Bonchev–Trinajstić information content (AvgIpc) is 2.30. The van der Waals surface area contributed by atoms with Crippen LogP contribution in [0.15, 0.2) is 18.2 Å². The fourth-order valence-corrected chi connectivity index (χ4v) is 2.02. The summed E-state index contributed by atoms with van der Waals surface area (Å²) in [5, 5.41) is 1.96. The summed E-state index contributed by atoms with van der Waals surface area (Å²) in [6, 6.07) is 5.94. The molecular weight excluding hydrogens is 202 g/mol. The fourth-order valence-electron chi connectivity index (χ4n) is 2.02. The zero-order valence-corrected chi connectivity index (χ0v) is 9.86. The van der Waals surface area contributed by atoms with Crippen LogP contribution in [0.4, 0.5) is 11.4 Å². The SMILES string of the molecule is Cc1cc(N2CCN(C)CC2)ccc1[NH+]=O. The minimum Gasteiger partial charge on any atom is -0.369 e. The van der Waals surface area contributed by atoms with Gasteiger partial charge in [-0.3, -0.25) is 0 Å². The Labute approximate surface area is 95.8 Å². The Morgan fingerprint density at radius 3 is 2.44 bits per heavy atom. The summed E-state index contributed by atoms with van der Waals surface area (Å²) >= 11 is 0. The number of nitrogens with one attached hydrogen (secondary N) is 1. The molecule has 1 aromatic rings. The molecule has 1 aromatic carbocycles. The predicted octanol–water partition coefficient (Wildman–Crippen LogP) is 0.225. The van der Waals surface area contributed by atoms with E-state index in [0.29, 0.717) is 5.69 Å². The van der Waals surface area contributed by atoms with Gasteiger partial charge in [0.25, 0.3) is 5.69 Å². The molecule has 2 rings (SSSR count). The fraction of sp³-hybridized carbons (Fsp3) is 0.500. The summed E-state index contributed by atoms with van der Waals surface area (Å²) in [5.74, 6) is 0. The number of nitroso groups, excluding NO2 is 1. The van der Waals surface area contributed by atoms with Crippen molar-refractivity contribution in [2.75, 3.05) is 38.1 Å². The third kappa shape index (κ3) is 2.22. The summed E-state index contributed by atoms with van der Waals surface area (Å²) < 4.78 is 0. The van der Waals surface area contributed by atoms with Crippen molar-refractivity contribution in [3.63, 3.8) is 0 Å². The molecule has 0 aliphatic carbocycles. The van der Waals surface area contributed by atoms with Crippen molar-refractivity contribution in [1.29, 1.82) is 0 Å². The maximum Gasteiger partial charge on any atom is 0.256 e. The summed E-state index contributed by atoms with van der Waals surface area (Å²) in [6.45, 7) is 6.27. The van der Waals surface area contributed by atoms with Gasteiger partial charge < -0.3 is 9.80 Å². The molecule has 1 heterocycles. The molecule has 0 atom stereocenters. The monoisotopic (exact) mass is 220 g/mol. The molecule has 1 fully saturated rings. The highest BCUT2D eigenvalue weighted by Crippen LogP contribution is 2.20.